The molecule has 1 N–H and O–H groups in total. The first-order valence-electron chi connectivity index (χ1n) is 8.11. The minimum Gasteiger partial charge on any atom is -0.345 e. The number of thiophene rings is 1. The molecule has 0 aliphatic heterocycles. The van der Waals surface area contributed by atoms with Crippen molar-refractivity contribution in [3.63, 3.8) is 0 Å². The Morgan fingerprint density at radius 2 is 1.44 bits per heavy atom. The van der Waals surface area contributed by atoms with Gasteiger partial charge in [-0.05, 0) is 42.7 Å². The number of benzene rings is 2. The topological polar surface area (TPSA) is 46.2 Å². The molecule has 3 rings (SSSR count). The molecule has 0 fully saturated rings. The third kappa shape index (κ3) is 4.03. The van der Waals surface area contributed by atoms with Gasteiger partial charge in [0.15, 0.2) is 5.78 Å². The van der Waals surface area contributed by atoms with Gasteiger partial charge in [-0.2, -0.15) is 0 Å². The lowest BCUT2D eigenvalue weighted by atomic mass is 10.0. The molecular formula is C21H19NO2S. The molecule has 0 aliphatic carbocycles. The van der Waals surface area contributed by atoms with Crippen LogP contribution in [0.25, 0.3) is 11.1 Å². The van der Waals surface area contributed by atoms with E-state index in [0.717, 1.165) is 11.1 Å². The number of amides is 1. The molecular weight excluding hydrogens is 330 g/mol. The maximum atomic E-state index is 12.3. The van der Waals surface area contributed by atoms with Gasteiger partial charge in [-0.25, -0.2) is 0 Å². The zero-order valence-corrected chi connectivity index (χ0v) is 15.0. The molecule has 3 nitrogen and oxygen atoms in total. The van der Waals surface area contributed by atoms with Gasteiger partial charge in [-0.15, -0.1) is 11.3 Å². The standard InChI is InChI=1S/C21H19NO2S/c1-14(22-21(24)20-13-12-19(25-20)15(2)23)16-8-10-18(11-9-16)17-6-4-3-5-7-17/h3-14H,1-2H3,(H,22,24)/t14-/m0/s1. The van der Waals surface area contributed by atoms with Crippen molar-refractivity contribution in [3.05, 3.63) is 82.0 Å². The summed E-state index contributed by atoms with van der Waals surface area (Å²) >= 11 is 1.22. The number of ketones is 1. The van der Waals surface area contributed by atoms with Gasteiger partial charge in [0.05, 0.1) is 15.8 Å². The van der Waals surface area contributed by atoms with Crippen molar-refractivity contribution in [2.45, 2.75) is 19.9 Å². The molecule has 0 saturated carbocycles. The molecule has 0 spiro atoms. The Morgan fingerprint density at radius 3 is 2.04 bits per heavy atom. The predicted molar refractivity (Wildman–Crippen MR) is 102 cm³/mol. The largest absolute Gasteiger partial charge is 0.345 e. The van der Waals surface area contributed by atoms with E-state index in [4.69, 9.17) is 0 Å². The molecule has 1 atom stereocenters. The van der Waals surface area contributed by atoms with Crippen molar-refractivity contribution < 1.29 is 9.59 Å². The second-order valence-electron chi connectivity index (χ2n) is 5.90. The summed E-state index contributed by atoms with van der Waals surface area (Å²) in [6.45, 7) is 3.46. The molecule has 1 aromatic heterocycles. The minimum atomic E-state index is -0.155. The summed E-state index contributed by atoms with van der Waals surface area (Å²) in [5, 5.41) is 2.98. The number of carbonyl (C=O) groups excluding carboxylic acids is 2. The molecule has 3 aromatic rings. The number of nitrogens with one attached hydrogen (secondary N) is 1. The molecule has 1 amide bonds. The smallest absolute Gasteiger partial charge is 0.261 e. The first-order chi connectivity index (χ1) is 12.0. The van der Waals surface area contributed by atoms with Gasteiger partial charge in [-0.3, -0.25) is 9.59 Å². The molecule has 0 aliphatic rings. The summed E-state index contributed by atoms with van der Waals surface area (Å²) in [6.07, 6.45) is 0. The Labute approximate surface area is 151 Å². The van der Waals surface area contributed by atoms with Crippen LogP contribution in [0.1, 0.15) is 44.8 Å². The lowest BCUT2D eigenvalue weighted by molar-refractivity contribution is 0.0943. The predicted octanol–water partition coefficient (Wildman–Crippen LogP) is 5.11. The minimum absolute atomic E-state index is 0.0198. The summed E-state index contributed by atoms with van der Waals surface area (Å²) in [6, 6.07) is 21.6. The molecule has 4 heteroatoms. The Hall–Kier alpha value is -2.72. The van der Waals surface area contributed by atoms with Gasteiger partial charge < -0.3 is 5.32 Å². The van der Waals surface area contributed by atoms with Crippen LogP contribution in [0.5, 0.6) is 0 Å². The van der Waals surface area contributed by atoms with Crippen LogP contribution >= 0.6 is 11.3 Å². The zero-order valence-electron chi connectivity index (χ0n) is 14.2. The van der Waals surface area contributed by atoms with Gasteiger partial charge in [0.2, 0.25) is 0 Å². The Morgan fingerprint density at radius 1 is 0.840 bits per heavy atom. The Bertz CT molecular complexity index is 882. The monoisotopic (exact) mass is 349 g/mol. The zero-order chi connectivity index (χ0) is 17.8. The molecule has 1 heterocycles. The second kappa shape index (κ2) is 7.45. The number of rotatable bonds is 5. The van der Waals surface area contributed by atoms with E-state index in [-0.39, 0.29) is 17.7 Å². The highest BCUT2D eigenvalue weighted by molar-refractivity contribution is 7.15. The number of hydrogen-bond donors (Lipinski definition) is 1. The van der Waals surface area contributed by atoms with Crippen molar-refractivity contribution in [2.75, 3.05) is 0 Å². The van der Waals surface area contributed by atoms with Crippen LogP contribution in [-0.2, 0) is 0 Å². The van der Waals surface area contributed by atoms with E-state index in [1.807, 2.05) is 37.3 Å². The van der Waals surface area contributed by atoms with Gasteiger partial charge in [0.25, 0.3) is 5.91 Å². The lowest BCUT2D eigenvalue weighted by Crippen LogP contribution is -2.25. The molecule has 0 bridgehead atoms. The molecule has 0 unspecified atom stereocenters. The van der Waals surface area contributed by atoms with E-state index < -0.39 is 0 Å². The van der Waals surface area contributed by atoms with Gasteiger partial charge in [-0.1, -0.05) is 54.6 Å². The first-order valence-corrected chi connectivity index (χ1v) is 8.93. The second-order valence-corrected chi connectivity index (χ2v) is 6.99. The van der Waals surface area contributed by atoms with Crippen LogP contribution in [0.4, 0.5) is 0 Å². The van der Waals surface area contributed by atoms with Crippen LogP contribution in [0.2, 0.25) is 0 Å². The van der Waals surface area contributed by atoms with E-state index >= 15 is 0 Å². The van der Waals surface area contributed by atoms with Crippen molar-refractivity contribution in [1.29, 1.82) is 0 Å². The van der Waals surface area contributed by atoms with Gasteiger partial charge >= 0.3 is 0 Å². The number of hydrogen-bond acceptors (Lipinski definition) is 3. The molecule has 25 heavy (non-hydrogen) atoms. The fourth-order valence-corrected chi connectivity index (χ4v) is 3.40. The van der Waals surface area contributed by atoms with E-state index in [2.05, 4.69) is 29.6 Å². The first kappa shape index (κ1) is 17.1. The van der Waals surface area contributed by atoms with Crippen LogP contribution in [0.15, 0.2) is 66.7 Å². The molecule has 126 valence electrons. The number of Topliss-reactive ketones (excluding diaryl/α,β-unsaturated/α-hetero) is 1. The fourth-order valence-electron chi connectivity index (χ4n) is 2.60. The lowest BCUT2D eigenvalue weighted by Gasteiger charge is -2.14. The van der Waals surface area contributed by atoms with Crippen molar-refractivity contribution in [2.24, 2.45) is 0 Å². The van der Waals surface area contributed by atoms with Crippen LogP contribution < -0.4 is 5.32 Å². The van der Waals surface area contributed by atoms with Crippen molar-refractivity contribution in [1.82, 2.24) is 5.32 Å². The summed E-state index contributed by atoms with van der Waals surface area (Å²) < 4.78 is 0. The fraction of sp³-hybridized carbons (Fsp3) is 0.143. The summed E-state index contributed by atoms with van der Waals surface area (Å²) in [7, 11) is 0. The SMILES string of the molecule is CC(=O)c1ccc(C(=O)N[C@@H](C)c2ccc(-c3ccccc3)cc2)s1. The van der Waals surface area contributed by atoms with E-state index in [1.54, 1.807) is 12.1 Å². The van der Waals surface area contributed by atoms with Crippen LogP contribution in [-0.4, -0.2) is 11.7 Å². The van der Waals surface area contributed by atoms with E-state index in [0.29, 0.717) is 9.75 Å². The Kier molecular flexibility index (Phi) is 5.10. The van der Waals surface area contributed by atoms with Crippen molar-refractivity contribution >= 4 is 23.0 Å². The van der Waals surface area contributed by atoms with E-state index in [9.17, 15) is 9.59 Å². The number of carbonyl (C=O) groups is 2. The molecule has 0 saturated heterocycles. The highest BCUT2D eigenvalue weighted by Gasteiger charge is 2.14. The summed E-state index contributed by atoms with van der Waals surface area (Å²) in [5.74, 6) is -0.175. The average Bonchev–Trinajstić information content (AvgIpc) is 3.13. The van der Waals surface area contributed by atoms with E-state index in [1.165, 1.54) is 23.8 Å². The summed E-state index contributed by atoms with van der Waals surface area (Å²) in [4.78, 5) is 24.8. The highest BCUT2D eigenvalue weighted by atomic mass is 32.1. The summed E-state index contributed by atoms with van der Waals surface area (Å²) in [5.41, 5.74) is 3.35. The van der Waals surface area contributed by atoms with Crippen LogP contribution in [0.3, 0.4) is 0 Å². The maximum absolute atomic E-state index is 12.3. The third-order valence-electron chi connectivity index (χ3n) is 4.04. The molecule has 0 radical (unpaired) electrons. The average molecular weight is 349 g/mol. The van der Waals surface area contributed by atoms with Crippen molar-refractivity contribution in [3.8, 4) is 11.1 Å². The maximum Gasteiger partial charge on any atom is 0.261 e. The molecule has 2 aromatic carbocycles. The van der Waals surface area contributed by atoms with Gasteiger partial charge in [0, 0.05) is 0 Å². The third-order valence-corrected chi connectivity index (χ3v) is 5.23. The Balaban J connectivity index is 1.69. The quantitative estimate of drug-likeness (QED) is 0.651. The van der Waals surface area contributed by atoms with Crippen LogP contribution in [0, 0.1) is 0 Å². The van der Waals surface area contributed by atoms with Gasteiger partial charge in [0.1, 0.15) is 0 Å². The normalized spacial score (nSPS) is 11.8. The highest BCUT2D eigenvalue weighted by Crippen LogP contribution is 2.23.